The van der Waals surface area contributed by atoms with Gasteiger partial charge in [0.05, 0.1) is 5.92 Å². The molecule has 2 atom stereocenters. The molecule has 3 rings (SSSR count). The highest BCUT2D eigenvalue weighted by atomic mass is 16.4. The van der Waals surface area contributed by atoms with E-state index in [0.717, 1.165) is 16.7 Å². The van der Waals surface area contributed by atoms with Gasteiger partial charge in [-0.3, -0.25) is 14.4 Å². The number of nitrogens with zero attached hydrogens (tertiary/aromatic N) is 1. The zero-order chi connectivity index (χ0) is 20.3. The summed E-state index contributed by atoms with van der Waals surface area (Å²) >= 11 is 0. The molecule has 1 saturated heterocycles. The Balaban J connectivity index is 1.65. The minimum absolute atomic E-state index is 0.0526. The summed E-state index contributed by atoms with van der Waals surface area (Å²) in [5.74, 6) is -1.96. The Morgan fingerprint density at radius 3 is 2.39 bits per heavy atom. The number of benzene rings is 2. The lowest BCUT2D eigenvalue weighted by Crippen LogP contribution is -2.30. The van der Waals surface area contributed by atoms with Crippen LogP contribution in [0.3, 0.4) is 0 Å². The molecule has 0 spiro atoms. The summed E-state index contributed by atoms with van der Waals surface area (Å²) in [5, 5.41) is 9.58. The number of ketones is 1. The van der Waals surface area contributed by atoms with Crippen LogP contribution in [0.25, 0.3) is 0 Å². The van der Waals surface area contributed by atoms with Crippen LogP contribution in [0, 0.1) is 19.8 Å². The summed E-state index contributed by atoms with van der Waals surface area (Å²) in [6.45, 7) is 4.38. The van der Waals surface area contributed by atoms with Gasteiger partial charge in [-0.2, -0.15) is 0 Å². The second kappa shape index (κ2) is 8.38. The largest absolute Gasteiger partial charge is 0.481 e. The van der Waals surface area contributed by atoms with Crippen LogP contribution in [0.4, 0.5) is 0 Å². The molecular formula is C23H25NO4. The third-order valence-electron chi connectivity index (χ3n) is 5.48. The Bertz CT molecular complexity index is 891. The first kappa shape index (κ1) is 19.8. The van der Waals surface area contributed by atoms with Gasteiger partial charge in [-0.15, -0.1) is 0 Å². The van der Waals surface area contributed by atoms with Gasteiger partial charge in [0.25, 0.3) is 0 Å². The first-order chi connectivity index (χ1) is 13.4. The average Bonchev–Trinajstić information content (AvgIpc) is 3.14. The maximum absolute atomic E-state index is 12.7. The molecule has 0 saturated carbocycles. The van der Waals surface area contributed by atoms with Crippen molar-refractivity contribution in [2.45, 2.75) is 32.6 Å². The van der Waals surface area contributed by atoms with Gasteiger partial charge in [0.15, 0.2) is 5.78 Å². The highest BCUT2D eigenvalue weighted by Gasteiger charge is 2.40. The standard InChI is InChI=1S/C23H25NO4/c1-15-8-9-16(2)18(12-15)21(25)10-11-22(26)24-13-19(20(14-24)23(27)28)17-6-4-3-5-7-17/h3-9,12,19-20H,10-11,13-14H2,1-2H3,(H,27,28). The van der Waals surface area contributed by atoms with Crippen molar-refractivity contribution in [2.24, 2.45) is 5.92 Å². The normalized spacial score (nSPS) is 18.9. The van der Waals surface area contributed by atoms with Crippen LogP contribution in [0.1, 0.15) is 45.8 Å². The van der Waals surface area contributed by atoms with E-state index in [1.807, 2.05) is 62.4 Å². The number of hydrogen-bond donors (Lipinski definition) is 1. The fraction of sp³-hybridized carbons (Fsp3) is 0.348. The third kappa shape index (κ3) is 4.30. The Morgan fingerprint density at radius 2 is 1.71 bits per heavy atom. The summed E-state index contributed by atoms with van der Waals surface area (Å²) in [4.78, 5) is 38.5. The third-order valence-corrected chi connectivity index (χ3v) is 5.48. The quantitative estimate of drug-likeness (QED) is 0.779. The van der Waals surface area contributed by atoms with Crippen LogP contribution < -0.4 is 0 Å². The number of carbonyl (C=O) groups is 3. The summed E-state index contributed by atoms with van der Waals surface area (Å²) in [5.41, 5.74) is 3.49. The second-order valence-corrected chi connectivity index (χ2v) is 7.50. The van der Waals surface area contributed by atoms with E-state index in [1.165, 1.54) is 0 Å². The Morgan fingerprint density at radius 1 is 1.00 bits per heavy atom. The monoisotopic (exact) mass is 379 g/mol. The van der Waals surface area contributed by atoms with Crippen LogP contribution in [-0.4, -0.2) is 40.8 Å². The van der Waals surface area contributed by atoms with Gasteiger partial charge in [-0.05, 0) is 31.0 Å². The Hall–Kier alpha value is -2.95. The van der Waals surface area contributed by atoms with Gasteiger partial charge < -0.3 is 10.0 Å². The number of aliphatic carboxylic acids is 1. The van der Waals surface area contributed by atoms with E-state index >= 15 is 0 Å². The maximum atomic E-state index is 12.7. The summed E-state index contributed by atoms with van der Waals surface area (Å²) in [6, 6.07) is 15.2. The number of carbonyl (C=O) groups excluding carboxylic acids is 2. The number of aryl methyl sites for hydroxylation is 2. The number of amides is 1. The van der Waals surface area contributed by atoms with Crippen LogP contribution in [0.15, 0.2) is 48.5 Å². The average molecular weight is 379 g/mol. The zero-order valence-electron chi connectivity index (χ0n) is 16.2. The van der Waals surface area contributed by atoms with Crippen LogP contribution in [0.2, 0.25) is 0 Å². The smallest absolute Gasteiger partial charge is 0.308 e. The van der Waals surface area contributed by atoms with Gasteiger partial charge in [-0.1, -0.05) is 48.0 Å². The molecule has 146 valence electrons. The van der Waals surface area contributed by atoms with Crippen LogP contribution in [0.5, 0.6) is 0 Å². The fourth-order valence-electron chi connectivity index (χ4n) is 3.85. The first-order valence-electron chi connectivity index (χ1n) is 9.53. The predicted octanol–water partition coefficient (Wildman–Crippen LogP) is 3.59. The lowest BCUT2D eigenvalue weighted by molar-refractivity contribution is -0.141. The maximum Gasteiger partial charge on any atom is 0.308 e. The molecule has 2 aromatic carbocycles. The van der Waals surface area contributed by atoms with Gasteiger partial charge >= 0.3 is 5.97 Å². The van der Waals surface area contributed by atoms with Gasteiger partial charge in [0.1, 0.15) is 0 Å². The van der Waals surface area contributed by atoms with Crippen molar-refractivity contribution in [1.29, 1.82) is 0 Å². The minimum Gasteiger partial charge on any atom is -0.481 e. The fourth-order valence-corrected chi connectivity index (χ4v) is 3.85. The molecule has 1 aliphatic heterocycles. The number of likely N-dealkylation sites (tertiary alicyclic amines) is 1. The van der Waals surface area contributed by atoms with E-state index in [2.05, 4.69) is 0 Å². The molecule has 1 aliphatic rings. The lowest BCUT2D eigenvalue weighted by atomic mass is 9.89. The number of carboxylic acid groups (broad SMARTS) is 1. The van der Waals surface area contributed by atoms with Crippen molar-refractivity contribution >= 4 is 17.7 Å². The SMILES string of the molecule is Cc1ccc(C)c(C(=O)CCC(=O)N2CC(C(=O)O)C(c3ccccc3)C2)c1. The molecule has 1 amide bonds. The van der Waals surface area contributed by atoms with Gasteiger partial charge in [-0.25, -0.2) is 0 Å². The molecule has 1 N–H and O–H groups in total. The van der Waals surface area contributed by atoms with Gasteiger partial charge in [0.2, 0.25) is 5.91 Å². The number of hydrogen-bond acceptors (Lipinski definition) is 3. The molecule has 5 nitrogen and oxygen atoms in total. The molecule has 2 aromatic rings. The van der Waals surface area contributed by atoms with Crippen molar-refractivity contribution in [2.75, 3.05) is 13.1 Å². The number of Topliss-reactive ketones (excluding diaryl/α,β-unsaturated/α-hetero) is 1. The molecule has 5 heteroatoms. The topological polar surface area (TPSA) is 74.7 Å². The van der Waals surface area contributed by atoms with Crippen molar-refractivity contribution in [3.63, 3.8) is 0 Å². The highest BCUT2D eigenvalue weighted by Crippen LogP contribution is 2.33. The Kier molecular flexibility index (Phi) is 5.93. The molecule has 0 aliphatic carbocycles. The summed E-state index contributed by atoms with van der Waals surface area (Å²) in [7, 11) is 0. The van der Waals surface area contributed by atoms with E-state index in [0.29, 0.717) is 12.1 Å². The van der Waals surface area contributed by atoms with Gasteiger partial charge in [0, 0.05) is 37.4 Å². The molecule has 0 bridgehead atoms. The van der Waals surface area contributed by atoms with Crippen molar-refractivity contribution in [1.82, 2.24) is 4.90 Å². The van der Waals surface area contributed by atoms with Crippen molar-refractivity contribution in [3.05, 3.63) is 70.8 Å². The summed E-state index contributed by atoms with van der Waals surface area (Å²) in [6.07, 6.45) is 0.230. The first-order valence-corrected chi connectivity index (χ1v) is 9.53. The molecule has 1 heterocycles. The van der Waals surface area contributed by atoms with E-state index in [9.17, 15) is 19.5 Å². The molecular weight excluding hydrogens is 354 g/mol. The van der Waals surface area contributed by atoms with Crippen molar-refractivity contribution < 1.29 is 19.5 Å². The predicted molar refractivity (Wildman–Crippen MR) is 106 cm³/mol. The van der Waals surface area contributed by atoms with E-state index < -0.39 is 11.9 Å². The Labute approximate surface area is 165 Å². The molecule has 2 unspecified atom stereocenters. The zero-order valence-corrected chi connectivity index (χ0v) is 16.2. The van der Waals surface area contributed by atoms with Crippen LogP contribution in [-0.2, 0) is 9.59 Å². The second-order valence-electron chi connectivity index (χ2n) is 7.50. The highest BCUT2D eigenvalue weighted by molar-refractivity contribution is 5.99. The van der Waals surface area contributed by atoms with Crippen molar-refractivity contribution in [3.8, 4) is 0 Å². The van der Waals surface area contributed by atoms with E-state index in [4.69, 9.17) is 0 Å². The number of carboxylic acids is 1. The van der Waals surface area contributed by atoms with E-state index in [-0.39, 0.29) is 37.0 Å². The molecule has 0 aromatic heterocycles. The minimum atomic E-state index is -0.893. The summed E-state index contributed by atoms with van der Waals surface area (Å²) < 4.78 is 0. The van der Waals surface area contributed by atoms with E-state index in [1.54, 1.807) is 4.90 Å². The number of rotatable bonds is 6. The van der Waals surface area contributed by atoms with Crippen LogP contribution >= 0.6 is 0 Å². The molecule has 1 fully saturated rings. The lowest BCUT2D eigenvalue weighted by Gasteiger charge is -2.16. The molecule has 0 radical (unpaired) electrons. The molecule has 28 heavy (non-hydrogen) atoms.